The van der Waals surface area contributed by atoms with Crippen molar-refractivity contribution in [2.45, 2.75) is 19.2 Å². The maximum Gasteiger partial charge on any atom is 0.401 e. The number of alkyl halides is 3. The number of pyridine rings is 1. The molecule has 1 aliphatic heterocycles. The van der Waals surface area contributed by atoms with Crippen LogP contribution in [-0.2, 0) is 0 Å². The molecule has 3 heterocycles. The smallest absolute Gasteiger partial charge is 0.401 e. The number of likely N-dealkylation sites (tertiary alicyclic amines) is 1. The third-order valence-electron chi connectivity index (χ3n) is 5.48. The second kappa shape index (κ2) is 10.6. The first-order chi connectivity index (χ1) is 17.4. The highest BCUT2D eigenvalue weighted by atomic mass is 35.5. The Bertz CT molecular complexity index is 1340. The summed E-state index contributed by atoms with van der Waals surface area (Å²) in [5.41, 5.74) is 0.896. The Kier molecular flexibility index (Phi) is 7.62. The molecule has 0 saturated carbocycles. The second-order valence-corrected chi connectivity index (χ2v) is 9.16. The number of rotatable bonds is 7. The zero-order valence-corrected chi connectivity index (χ0v) is 21.1. The first-order valence-electron chi connectivity index (χ1n) is 11.0. The van der Waals surface area contributed by atoms with Crippen LogP contribution in [0.1, 0.15) is 26.4 Å². The number of aryl methyl sites for hydroxylation is 1. The summed E-state index contributed by atoms with van der Waals surface area (Å²) in [4.78, 5) is 31.2. The number of ether oxygens (including phenoxy) is 1. The lowest BCUT2D eigenvalue weighted by molar-refractivity contribution is -0.162. The third kappa shape index (κ3) is 6.14. The lowest BCUT2D eigenvalue weighted by Gasteiger charge is -2.38. The van der Waals surface area contributed by atoms with Gasteiger partial charge in [0.2, 0.25) is 5.88 Å². The Morgan fingerprint density at radius 3 is 2.57 bits per heavy atom. The van der Waals surface area contributed by atoms with Crippen molar-refractivity contribution < 1.29 is 27.5 Å². The summed E-state index contributed by atoms with van der Waals surface area (Å²) >= 11 is 12.4. The highest BCUT2D eigenvalue weighted by molar-refractivity contribution is 6.32. The SMILES string of the molecule is CNC(=O)c1cc(Cl)cc(C)c1NC(=O)c1cc(OC2CN(CC(F)(F)F)C2)nn1-c1ncccc1Cl. The van der Waals surface area contributed by atoms with Gasteiger partial charge in [-0.05, 0) is 36.8 Å². The van der Waals surface area contributed by atoms with Crippen LogP contribution in [0.3, 0.4) is 0 Å². The van der Waals surface area contributed by atoms with E-state index in [-0.39, 0.29) is 46.8 Å². The van der Waals surface area contributed by atoms with Gasteiger partial charge in [0, 0.05) is 37.4 Å². The minimum Gasteiger partial charge on any atom is -0.471 e. The number of nitrogens with zero attached hydrogens (tertiary/aromatic N) is 4. The van der Waals surface area contributed by atoms with E-state index >= 15 is 0 Å². The van der Waals surface area contributed by atoms with Gasteiger partial charge in [-0.25, -0.2) is 9.67 Å². The minimum absolute atomic E-state index is 0.00267. The van der Waals surface area contributed by atoms with Gasteiger partial charge in [0.15, 0.2) is 5.82 Å². The molecule has 2 N–H and O–H groups in total. The van der Waals surface area contributed by atoms with Crippen LogP contribution in [0, 0.1) is 6.92 Å². The van der Waals surface area contributed by atoms with Gasteiger partial charge in [0.1, 0.15) is 11.8 Å². The van der Waals surface area contributed by atoms with Gasteiger partial charge in [0.25, 0.3) is 11.8 Å². The van der Waals surface area contributed by atoms with Crippen LogP contribution in [0.25, 0.3) is 5.82 Å². The molecule has 1 aromatic carbocycles. The van der Waals surface area contributed by atoms with Crippen molar-refractivity contribution in [1.82, 2.24) is 25.0 Å². The van der Waals surface area contributed by atoms with Crippen LogP contribution < -0.4 is 15.4 Å². The van der Waals surface area contributed by atoms with Crippen molar-refractivity contribution in [2.75, 3.05) is 32.0 Å². The van der Waals surface area contributed by atoms with Gasteiger partial charge < -0.3 is 15.4 Å². The summed E-state index contributed by atoms with van der Waals surface area (Å²) in [5, 5.41) is 10.0. The van der Waals surface area contributed by atoms with Crippen molar-refractivity contribution >= 4 is 40.7 Å². The van der Waals surface area contributed by atoms with Gasteiger partial charge in [-0.3, -0.25) is 14.5 Å². The Morgan fingerprint density at radius 2 is 1.92 bits per heavy atom. The molecule has 1 aliphatic rings. The van der Waals surface area contributed by atoms with Crippen molar-refractivity contribution in [3.05, 3.63) is 63.4 Å². The highest BCUT2D eigenvalue weighted by Gasteiger charge is 2.38. The molecule has 3 aromatic rings. The number of hydrogen-bond donors (Lipinski definition) is 2. The van der Waals surface area contributed by atoms with Crippen LogP contribution in [-0.4, -0.2) is 70.4 Å². The van der Waals surface area contributed by atoms with E-state index in [0.717, 1.165) is 0 Å². The largest absolute Gasteiger partial charge is 0.471 e. The number of hydrogen-bond acceptors (Lipinski definition) is 6. The quantitative estimate of drug-likeness (QED) is 0.454. The van der Waals surface area contributed by atoms with E-state index < -0.39 is 30.6 Å². The molecule has 2 amide bonds. The van der Waals surface area contributed by atoms with Gasteiger partial charge >= 0.3 is 6.18 Å². The Balaban J connectivity index is 1.63. The number of amides is 2. The number of carbonyl (C=O) groups is 2. The molecule has 14 heteroatoms. The molecule has 0 unspecified atom stereocenters. The lowest BCUT2D eigenvalue weighted by atomic mass is 10.1. The fourth-order valence-corrected chi connectivity index (χ4v) is 4.30. The topological polar surface area (TPSA) is 101 Å². The molecular formula is C23H21Cl2F3N6O3. The maximum atomic E-state index is 13.4. The van der Waals surface area contributed by atoms with E-state index in [4.69, 9.17) is 27.9 Å². The monoisotopic (exact) mass is 556 g/mol. The van der Waals surface area contributed by atoms with Crippen LogP contribution in [0.5, 0.6) is 5.88 Å². The molecule has 0 atom stereocenters. The average Bonchev–Trinajstić information content (AvgIpc) is 3.22. The molecule has 0 radical (unpaired) electrons. The van der Waals surface area contributed by atoms with Crippen molar-refractivity contribution in [3.8, 4) is 11.7 Å². The van der Waals surface area contributed by atoms with Crippen LogP contribution in [0.4, 0.5) is 18.9 Å². The van der Waals surface area contributed by atoms with Gasteiger partial charge in [-0.2, -0.15) is 13.2 Å². The van der Waals surface area contributed by atoms with Crippen molar-refractivity contribution in [3.63, 3.8) is 0 Å². The predicted octanol–water partition coefficient (Wildman–Crippen LogP) is 4.12. The summed E-state index contributed by atoms with van der Waals surface area (Å²) in [5.74, 6) is -0.981. The summed E-state index contributed by atoms with van der Waals surface area (Å²) in [6.07, 6.45) is -3.39. The molecule has 0 bridgehead atoms. The van der Waals surface area contributed by atoms with Crippen LogP contribution in [0.2, 0.25) is 10.0 Å². The normalized spacial score (nSPS) is 14.2. The van der Waals surface area contributed by atoms with Crippen LogP contribution in [0.15, 0.2) is 36.5 Å². The number of aromatic nitrogens is 3. The molecule has 1 fully saturated rings. The zero-order valence-electron chi connectivity index (χ0n) is 19.6. The van der Waals surface area contributed by atoms with E-state index in [1.807, 2.05) is 0 Å². The summed E-state index contributed by atoms with van der Waals surface area (Å²) in [7, 11) is 1.45. The van der Waals surface area contributed by atoms with Crippen molar-refractivity contribution in [2.24, 2.45) is 0 Å². The third-order valence-corrected chi connectivity index (χ3v) is 6.00. The van der Waals surface area contributed by atoms with Gasteiger partial charge in [-0.15, -0.1) is 5.10 Å². The number of nitrogens with one attached hydrogen (secondary N) is 2. The molecule has 37 heavy (non-hydrogen) atoms. The fourth-order valence-electron chi connectivity index (χ4n) is 3.82. The Labute approximate surface area is 219 Å². The summed E-state index contributed by atoms with van der Waals surface area (Å²) < 4.78 is 44.7. The molecule has 2 aromatic heterocycles. The van der Waals surface area contributed by atoms with Crippen molar-refractivity contribution in [1.29, 1.82) is 0 Å². The number of benzene rings is 1. The van der Waals surface area contributed by atoms with E-state index in [1.54, 1.807) is 25.1 Å². The van der Waals surface area contributed by atoms with E-state index in [0.29, 0.717) is 10.6 Å². The first-order valence-corrected chi connectivity index (χ1v) is 11.7. The van der Waals surface area contributed by atoms with E-state index in [2.05, 4.69) is 20.7 Å². The predicted molar refractivity (Wildman–Crippen MR) is 131 cm³/mol. The molecular weight excluding hydrogens is 536 g/mol. The highest BCUT2D eigenvalue weighted by Crippen LogP contribution is 2.29. The number of halogens is 5. The van der Waals surface area contributed by atoms with Gasteiger partial charge in [-0.1, -0.05) is 23.2 Å². The second-order valence-electron chi connectivity index (χ2n) is 8.32. The number of anilines is 1. The molecule has 0 spiro atoms. The fraction of sp³-hybridized carbons (Fsp3) is 0.304. The lowest BCUT2D eigenvalue weighted by Crippen LogP contribution is -2.56. The molecule has 1 saturated heterocycles. The molecule has 196 valence electrons. The minimum atomic E-state index is -4.30. The molecule has 0 aliphatic carbocycles. The summed E-state index contributed by atoms with van der Waals surface area (Å²) in [6, 6.07) is 7.50. The average molecular weight is 557 g/mol. The molecule has 9 nitrogen and oxygen atoms in total. The summed E-state index contributed by atoms with van der Waals surface area (Å²) in [6.45, 7) is 0.751. The van der Waals surface area contributed by atoms with E-state index in [9.17, 15) is 22.8 Å². The van der Waals surface area contributed by atoms with Gasteiger partial charge in [0.05, 0.1) is 22.8 Å². The standard InChI is InChI=1S/C23H21Cl2F3N6O3/c1-12-6-13(24)7-15(21(35)29-2)19(12)31-22(36)17-8-18(32-34(17)20-16(25)4-3-5-30-20)37-14-9-33(10-14)11-23(26,27)28/h3-8,14H,9-11H2,1-2H3,(H,29,35)(H,31,36). The van der Waals surface area contributed by atoms with Crippen LogP contribution >= 0.6 is 23.2 Å². The zero-order chi connectivity index (χ0) is 26.9. The maximum absolute atomic E-state index is 13.4. The molecule has 4 rings (SSSR count). The Hall–Kier alpha value is -3.35. The van der Waals surface area contributed by atoms with E-state index in [1.165, 1.54) is 35.0 Å². The number of carbonyl (C=O) groups excluding carboxylic acids is 2. The first kappa shape index (κ1) is 26.7. The Morgan fingerprint density at radius 1 is 1.19 bits per heavy atom.